The third-order valence-corrected chi connectivity index (χ3v) is 11.3. The second-order valence-corrected chi connectivity index (χ2v) is 17.3. The highest BCUT2D eigenvalue weighted by Gasteiger charge is 2.37. The molecule has 0 radical (unpaired) electrons. The molecule has 0 bridgehead atoms. The lowest BCUT2D eigenvalue weighted by Crippen LogP contribution is -3.61. The summed E-state index contributed by atoms with van der Waals surface area (Å²) in [6.07, 6.45) is 2.30. The largest absolute Gasteiger partial charge is 0.741 e. The Morgan fingerprint density at radius 2 is 0.830 bits per heavy atom. The molecule has 47 heavy (non-hydrogen) atoms. The lowest BCUT2D eigenvalue weighted by molar-refractivity contribution is -0.597. The van der Waals surface area contributed by atoms with Crippen molar-refractivity contribution >= 4 is 20.2 Å². The molecule has 4 rings (SSSR count). The molecule has 0 aliphatic carbocycles. The maximum atomic E-state index is 10.7. The van der Waals surface area contributed by atoms with Crippen molar-refractivity contribution < 1.29 is 99.4 Å². The van der Waals surface area contributed by atoms with Crippen molar-refractivity contribution in [3.63, 3.8) is 0 Å². The van der Waals surface area contributed by atoms with Crippen LogP contribution >= 0.6 is 0 Å². The first-order valence-electron chi connectivity index (χ1n) is 13.1. The summed E-state index contributed by atoms with van der Waals surface area (Å²) < 4.78 is 129. The fourth-order valence-corrected chi connectivity index (χ4v) is 7.10. The summed E-state index contributed by atoms with van der Waals surface area (Å²) in [5.74, 6) is 0.990. The number of unbranched alkanes of at least 4 members (excludes halogenated alkanes) is 1. The van der Waals surface area contributed by atoms with Crippen molar-refractivity contribution in [3.8, 4) is 5.75 Å². The minimum Gasteiger partial charge on any atom is -0.741 e. The fourth-order valence-electron chi connectivity index (χ4n) is 2.61. The van der Waals surface area contributed by atoms with Crippen molar-refractivity contribution in [2.75, 3.05) is 6.61 Å². The Bertz CT molecular complexity index is 1560. The molecule has 0 spiro atoms. The molecule has 0 aliphatic rings. The van der Waals surface area contributed by atoms with E-state index in [1.807, 2.05) is 0 Å². The molecule has 4 aromatic rings. The van der Waals surface area contributed by atoms with Gasteiger partial charge in [0.25, 0.3) is 0 Å². The number of hydrogen-bond donors (Lipinski definition) is 0. The van der Waals surface area contributed by atoms with Gasteiger partial charge in [-0.15, -0.1) is 0 Å². The summed E-state index contributed by atoms with van der Waals surface area (Å²) in [5.41, 5.74) is -11.3. The van der Waals surface area contributed by atoms with Gasteiger partial charge >= 0.3 is 53.4 Å². The van der Waals surface area contributed by atoms with Gasteiger partial charge < -0.3 is 13.8 Å². The van der Waals surface area contributed by atoms with Crippen molar-refractivity contribution in [1.29, 1.82) is 0 Å². The lowest BCUT2D eigenvalue weighted by Gasteiger charge is -2.08. The predicted octanol–water partition coefficient (Wildman–Crippen LogP) is 0.912. The van der Waals surface area contributed by atoms with E-state index >= 15 is 0 Å². The molecule has 0 unspecified atom stereocenters. The molecule has 0 aromatic heterocycles. The van der Waals surface area contributed by atoms with Crippen LogP contribution in [0, 0.1) is 14.3 Å². The quantitative estimate of drug-likeness (QED) is 0.0848. The van der Waals surface area contributed by atoms with Crippen molar-refractivity contribution in [1.82, 2.24) is 0 Å². The highest BCUT2D eigenvalue weighted by molar-refractivity contribution is 7.86. The van der Waals surface area contributed by atoms with Gasteiger partial charge in [-0.2, -0.15) is 26.3 Å². The number of benzene rings is 4. The van der Waals surface area contributed by atoms with E-state index in [4.69, 9.17) is 30.7 Å². The number of ether oxygens (including phenoxy) is 1. The van der Waals surface area contributed by atoms with E-state index in [2.05, 4.69) is 122 Å². The maximum absolute atomic E-state index is 10.7. The predicted molar refractivity (Wildman–Crippen MR) is 152 cm³/mol. The Balaban J connectivity index is 0.000000335. The van der Waals surface area contributed by atoms with E-state index < -0.39 is 31.3 Å². The van der Waals surface area contributed by atoms with Crippen LogP contribution in [0.3, 0.4) is 0 Å². The zero-order valence-corrected chi connectivity index (χ0v) is 30.2. The Hall–Kier alpha value is -2.46. The minimum atomic E-state index is -6.09. The molecular weight excluding hydrogens is 904 g/mol. The smallest absolute Gasteiger partial charge is 0.485 e. The van der Waals surface area contributed by atoms with E-state index in [-0.39, 0.29) is 42.4 Å². The number of rotatable bonds is 8. The van der Waals surface area contributed by atoms with Crippen molar-refractivity contribution in [2.24, 2.45) is 0 Å². The Labute approximate surface area is 290 Å². The van der Waals surface area contributed by atoms with Crippen LogP contribution in [0.2, 0.25) is 0 Å². The summed E-state index contributed by atoms with van der Waals surface area (Å²) in [6.45, 7) is 3.00. The number of alkyl halides is 6. The van der Waals surface area contributed by atoms with E-state index in [0.717, 1.165) is 18.8 Å². The Morgan fingerprint density at radius 3 is 1.09 bits per heavy atom. The normalized spacial score (nSPS) is 11.4. The highest BCUT2D eigenvalue weighted by atomic mass is 127. The molecule has 7 nitrogen and oxygen atoms in total. The van der Waals surface area contributed by atoms with Crippen LogP contribution in [0.5, 0.6) is 5.75 Å². The average Bonchev–Trinajstić information content (AvgIpc) is 2.99. The first-order valence-corrected chi connectivity index (χ1v) is 20.2. The molecule has 0 atom stereocenters. The third-order valence-electron chi connectivity index (χ3n) is 4.78. The van der Waals surface area contributed by atoms with Gasteiger partial charge in [-0.1, -0.05) is 67.9 Å². The van der Waals surface area contributed by atoms with Crippen LogP contribution in [0.4, 0.5) is 26.3 Å². The highest BCUT2D eigenvalue weighted by Crippen LogP contribution is 2.21. The van der Waals surface area contributed by atoms with Crippen LogP contribution in [-0.4, -0.2) is 43.6 Å². The SMILES string of the molecule is CCCCOc1ccc([I+]c2ccccc2)cc1.O=S(=O)([O-])C(F)(F)F.O=S(=O)([O-])C(F)(F)F.c1ccc([I+]c2ccccc2)cc1. The molecule has 0 N–H and O–H groups in total. The number of halogens is 8. The summed E-state index contributed by atoms with van der Waals surface area (Å²) in [5, 5.41) is 0. The molecule has 0 saturated heterocycles. The van der Waals surface area contributed by atoms with Crippen molar-refractivity contribution in [2.45, 2.75) is 30.8 Å². The maximum Gasteiger partial charge on any atom is 0.485 e. The van der Waals surface area contributed by atoms with E-state index in [0.29, 0.717) is 0 Å². The van der Waals surface area contributed by atoms with Gasteiger partial charge in [0, 0.05) is 0 Å². The van der Waals surface area contributed by atoms with E-state index in [1.54, 1.807) is 0 Å². The molecule has 0 heterocycles. The molecular formula is C30H28F6I2O7S2. The van der Waals surface area contributed by atoms with Crippen LogP contribution in [0.15, 0.2) is 115 Å². The standard InChI is InChI=1S/C16H18IO.C12H10I.2CHF3O3S/c1-2-3-13-18-16-11-9-15(10-12-16)17-14-7-5-4-6-8-14;1-3-7-11(8-4-1)13-12-9-5-2-6-10-12;2*2-1(3,4)8(5,6)7/h4-12H,2-3,13H2,1H3;1-10H;2*(H,5,6,7)/q2*+1;;/p-2. The summed E-state index contributed by atoms with van der Waals surface area (Å²) in [4.78, 5) is 0. The van der Waals surface area contributed by atoms with Gasteiger partial charge in [0.1, 0.15) is 5.75 Å². The summed E-state index contributed by atoms with van der Waals surface area (Å²) in [6, 6.07) is 40.7. The Kier molecular flexibility index (Phi) is 18.8. The van der Waals surface area contributed by atoms with Gasteiger partial charge in [0.05, 0.1) is 6.61 Å². The fraction of sp³-hybridized carbons (Fsp3) is 0.200. The molecule has 258 valence electrons. The average molecular weight is 932 g/mol. The number of hydrogen-bond acceptors (Lipinski definition) is 7. The monoisotopic (exact) mass is 932 g/mol. The van der Waals surface area contributed by atoms with Gasteiger partial charge in [-0.25, -0.2) is 16.8 Å². The molecule has 0 fully saturated rings. The van der Waals surface area contributed by atoms with Gasteiger partial charge in [-0.3, -0.25) is 0 Å². The van der Waals surface area contributed by atoms with Crippen LogP contribution < -0.4 is 47.1 Å². The minimum absolute atomic E-state index is 0.0287. The summed E-state index contributed by atoms with van der Waals surface area (Å²) in [7, 11) is -12.2. The third kappa shape index (κ3) is 19.2. The molecule has 0 saturated carbocycles. The van der Waals surface area contributed by atoms with E-state index in [9.17, 15) is 26.3 Å². The topological polar surface area (TPSA) is 124 Å². The van der Waals surface area contributed by atoms with Gasteiger partial charge in [-0.05, 0) is 67.1 Å². The second kappa shape index (κ2) is 20.8. The van der Waals surface area contributed by atoms with E-state index in [1.165, 1.54) is 20.7 Å². The van der Waals surface area contributed by atoms with Crippen molar-refractivity contribution in [3.05, 3.63) is 130 Å². The van der Waals surface area contributed by atoms with Crippen LogP contribution in [0.1, 0.15) is 19.8 Å². The van der Waals surface area contributed by atoms with Gasteiger partial charge in [0.15, 0.2) is 34.5 Å². The molecule has 0 aliphatic heterocycles. The lowest BCUT2D eigenvalue weighted by atomic mass is 10.3. The molecule has 0 amide bonds. The van der Waals surface area contributed by atoms with Gasteiger partial charge in [0.2, 0.25) is 0 Å². The molecule has 4 aromatic carbocycles. The van der Waals surface area contributed by atoms with Crippen LogP contribution in [0.25, 0.3) is 0 Å². The molecule has 17 heteroatoms. The Morgan fingerprint density at radius 1 is 0.553 bits per heavy atom. The van der Waals surface area contributed by atoms with Crippen LogP contribution in [-0.2, 0) is 20.2 Å². The zero-order chi connectivity index (χ0) is 35.6. The first-order chi connectivity index (χ1) is 21.8. The zero-order valence-electron chi connectivity index (χ0n) is 24.3. The second-order valence-electron chi connectivity index (χ2n) is 8.53. The summed E-state index contributed by atoms with van der Waals surface area (Å²) >= 11 is -0.0278. The first kappa shape index (κ1) is 42.6.